The van der Waals surface area contributed by atoms with Crippen LogP contribution in [-0.2, 0) is 20.4 Å². The zero-order chi connectivity index (χ0) is 21.3. The van der Waals surface area contributed by atoms with Crippen LogP contribution in [0.15, 0.2) is 15.5 Å². The summed E-state index contributed by atoms with van der Waals surface area (Å²) in [5.74, 6) is 1.88. The summed E-state index contributed by atoms with van der Waals surface area (Å²) < 4.78 is 34.9. The largest absolute Gasteiger partial charge is 0.360 e. The van der Waals surface area contributed by atoms with Crippen LogP contribution >= 0.6 is 0 Å². The lowest BCUT2D eigenvalue weighted by Gasteiger charge is -2.46. The number of aromatic nitrogens is 3. The molecule has 162 valence electrons. The summed E-state index contributed by atoms with van der Waals surface area (Å²) in [6.07, 6.45) is 3.82. The van der Waals surface area contributed by atoms with E-state index in [2.05, 4.69) is 5.16 Å². The molecule has 0 atom stereocenters. The van der Waals surface area contributed by atoms with Crippen molar-refractivity contribution in [3.8, 4) is 0 Å². The van der Waals surface area contributed by atoms with Gasteiger partial charge in [-0.05, 0) is 52.4 Å². The van der Waals surface area contributed by atoms with Crippen LogP contribution in [0.3, 0.4) is 0 Å². The van der Waals surface area contributed by atoms with Crippen LogP contribution in [0.1, 0.15) is 49.3 Å². The number of aryl methyl sites for hydroxylation is 3. The monoisotopic (exact) mass is 433 g/mol. The first kappa shape index (κ1) is 19.7. The summed E-state index contributed by atoms with van der Waals surface area (Å²) in [6, 6.07) is 1.98. The third-order valence-corrected chi connectivity index (χ3v) is 8.82. The molecule has 10 heteroatoms. The average Bonchev–Trinajstić information content (AvgIpc) is 3.32. The highest BCUT2D eigenvalue weighted by molar-refractivity contribution is 7.89. The molecule has 0 radical (unpaired) electrons. The Hall–Kier alpha value is -2.20. The molecule has 2 aliphatic heterocycles. The number of fused-ring (bicyclic) bond motifs is 2. The number of carbonyl (C=O) groups excluding carboxylic acids is 1. The van der Waals surface area contributed by atoms with Crippen LogP contribution in [0.25, 0.3) is 0 Å². The van der Waals surface area contributed by atoms with Crippen LogP contribution in [0.4, 0.5) is 5.82 Å². The van der Waals surface area contributed by atoms with Crippen molar-refractivity contribution in [2.75, 3.05) is 24.5 Å². The lowest BCUT2D eigenvalue weighted by atomic mass is 9.83. The Morgan fingerprint density at radius 1 is 1.20 bits per heavy atom. The van der Waals surface area contributed by atoms with E-state index >= 15 is 0 Å². The highest BCUT2D eigenvalue weighted by Crippen LogP contribution is 2.44. The molecule has 1 saturated carbocycles. The molecule has 2 aromatic rings. The number of hydrogen-bond donors (Lipinski definition) is 0. The van der Waals surface area contributed by atoms with Crippen molar-refractivity contribution in [3.63, 3.8) is 0 Å². The molecule has 2 fully saturated rings. The molecule has 1 amide bonds. The maximum absolute atomic E-state index is 13.2. The van der Waals surface area contributed by atoms with E-state index in [0.717, 1.165) is 18.1 Å². The summed E-state index contributed by atoms with van der Waals surface area (Å²) in [6.45, 7) is 6.62. The Morgan fingerprint density at radius 2 is 1.90 bits per heavy atom. The fraction of sp³-hybridized carbons (Fsp3) is 0.650. The predicted molar refractivity (Wildman–Crippen MR) is 109 cm³/mol. The average molecular weight is 434 g/mol. The van der Waals surface area contributed by atoms with Gasteiger partial charge < -0.3 is 4.52 Å². The van der Waals surface area contributed by atoms with E-state index in [0.29, 0.717) is 49.7 Å². The second-order valence-corrected chi connectivity index (χ2v) is 10.8. The van der Waals surface area contributed by atoms with Crippen LogP contribution < -0.4 is 4.90 Å². The summed E-state index contributed by atoms with van der Waals surface area (Å²) in [7, 11) is -3.69. The fourth-order valence-electron chi connectivity index (χ4n) is 4.86. The van der Waals surface area contributed by atoms with Gasteiger partial charge in [0.2, 0.25) is 15.9 Å². The third kappa shape index (κ3) is 2.99. The smallest absolute Gasteiger partial charge is 0.248 e. The summed E-state index contributed by atoms with van der Waals surface area (Å²) in [5, 5.41) is 8.53. The van der Waals surface area contributed by atoms with Crippen molar-refractivity contribution in [1.29, 1.82) is 0 Å². The number of nitrogens with zero attached hydrogens (tertiary/aromatic N) is 5. The Morgan fingerprint density at radius 3 is 2.50 bits per heavy atom. The minimum atomic E-state index is -3.69. The molecule has 0 unspecified atom stereocenters. The van der Waals surface area contributed by atoms with Crippen molar-refractivity contribution >= 4 is 21.7 Å². The van der Waals surface area contributed by atoms with Gasteiger partial charge in [-0.25, -0.2) is 13.1 Å². The van der Waals surface area contributed by atoms with Crippen molar-refractivity contribution in [2.45, 2.75) is 63.3 Å². The van der Waals surface area contributed by atoms with Gasteiger partial charge in [-0.3, -0.25) is 9.69 Å². The first-order chi connectivity index (χ1) is 14.2. The number of amides is 1. The lowest BCUT2D eigenvalue weighted by Crippen LogP contribution is -2.55. The number of rotatable bonds is 4. The zero-order valence-electron chi connectivity index (χ0n) is 17.6. The molecule has 4 heterocycles. The van der Waals surface area contributed by atoms with Crippen molar-refractivity contribution in [1.82, 2.24) is 19.2 Å². The van der Waals surface area contributed by atoms with Crippen LogP contribution in [0.5, 0.6) is 0 Å². The summed E-state index contributed by atoms with van der Waals surface area (Å²) in [4.78, 5) is 15.1. The normalized spacial score (nSPS) is 22.0. The molecule has 1 saturated heterocycles. The third-order valence-electron chi connectivity index (χ3n) is 6.68. The van der Waals surface area contributed by atoms with Crippen LogP contribution in [0, 0.1) is 26.7 Å². The topological polar surface area (TPSA) is 102 Å². The molecule has 3 aliphatic rings. The van der Waals surface area contributed by atoms with Gasteiger partial charge >= 0.3 is 0 Å². The first-order valence-electron chi connectivity index (χ1n) is 10.5. The SMILES string of the molecule is Cc1cc2n(n1)C1(CCN(S(=O)(=O)c3c(C)noc3C)CC1)CC(=O)N2CC1CC1. The summed E-state index contributed by atoms with van der Waals surface area (Å²) >= 11 is 0. The fourth-order valence-corrected chi connectivity index (χ4v) is 6.60. The quantitative estimate of drug-likeness (QED) is 0.732. The molecule has 2 aromatic heterocycles. The Bertz CT molecular complexity index is 1090. The molecular weight excluding hydrogens is 406 g/mol. The summed E-state index contributed by atoms with van der Waals surface area (Å²) in [5.41, 5.74) is 0.790. The Labute approximate surface area is 176 Å². The minimum Gasteiger partial charge on any atom is -0.360 e. The van der Waals surface area contributed by atoms with E-state index in [1.54, 1.807) is 13.8 Å². The first-order valence-corrected chi connectivity index (χ1v) is 12.0. The second kappa shape index (κ2) is 6.65. The lowest BCUT2D eigenvalue weighted by molar-refractivity contribution is -0.122. The highest BCUT2D eigenvalue weighted by Gasteiger charge is 2.48. The number of sulfonamides is 1. The molecule has 0 aromatic carbocycles. The van der Waals surface area contributed by atoms with E-state index in [1.165, 1.54) is 17.1 Å². The molecule has 1 aliphatic carbocycles. The number of anilines is 1. The number of hydrogen-bond acceptors (Lipinski definition) is 6. The molecule has 0 N–H and O–H groups in total. The van der Waals surface area contributed by atoms with Gasteiger partial charge in [-0.15, -0.1) is 0 Å². The van der Waals surface area contributed by atoms with E-state index in [9.17, 15) is 13.2 Å². The minimum absolute atomic E-state index is 0.122. The Balaban J connectivity index is 1.43. The van der Waals surface area contributed by atoms with Crippen LogP contribution in [-0.4, -0.2) is 53.2 Å². The second-order valence-electron chi connectivity index (χ2n) is 8.96. The van der Waals surface area contributed by atoms with Crippen LogP contribution in [0.2, 0.25) is 0 Å². The van der Waals surface area contributed by atoms with Crippen molar-refractivity contribution < 1.29 is 17.7 Å². The van der Waals surface area contributed by atoms with Crippen molar-refractivity contribution in [3.05, 3.63) is 23.2 Å². The van der Waals surface area contributed by atoms with Gasteiger partial charge in [0.1, 0.15) is 16.4 Å². The van der Waals surface area contributed by atoms with Gasteiger partial charge in [0.15, 0.2) is 5.76 Å². The maximum atomic E-state index is 13.2. The molecular formula is C20H27N5O4S. The van der Waals surface area contributed by atoms with Gasteiger partial charge in [0, 0.05) is 25.7 Å². The standard InChI is InChI=1S/C20H27N5O4S/c1-13-10-17-24(12-16-4-5-16)18(26)11-20(25(17)21-13)6-8-23(9-7-20)30(27,28)19-14(2)22-29-15(19)3/h10,16H,4-9,11-12H2,1-3H3. The Kier molecular flexibility index (Phi) is 4.38. The predicted octanol–water partition coefficient (Wildman–Crippen LogP) is 2.12. The highest BCUT2D eigenvalue weighted by atomic mass is 32.2. The molecule has 9 nitrogen and oxygen atoms in total. The molecule has 1 spiro atoms. The molecule has 0 bridgehead atoms. The number of carbonyl (C=O) groups is 1. The van der Waals surface area contributed by atoms with E-state index in [-0.39, 0.29) is 10.8 Å². The molecule has 30 heavy (non-hydrogen) atoms. The van der Waals surface area contributed by atoms with Gasteiger partial charge in [0.25, 0.3) is 0 Å². The van der Waals surface area contributed by atoms with Gasteiger partial charge in [-0.1, -0.05) is 5.16 Å². The zero-order valence-corrected chi connectivity index (χ0v) is 18.4. The van der Waals surface area contributed by atoms with E-state index in [1.807, 2.05) is 22.6 Å². The number of piperidine rings is 1. The van der Waals surface area contributed by atoms with Gasteiger partial charge in [0.05, 0.1) is 17.7 Å². The van der Waals surface area contributed by atoms with E-state index < -0.39 is 15.6 Å². The van der Waals surface area contributed by atoms with Gasteiger partial charge in [-0.2, -0.15) is 9.40 Å². The van der Waals surface area contributed by atoms with E-state index in [4.69, 9.17) is 9.62 Å². The van der Waals surface area contributed by atoms with Crippen molar-refractivity contribution in [2.24, 2.45) is 5.92 Å². The maximum Gasteiger partial charge on any atom is 0.248 e. The molecule has 5 rings (SSSR count).